The zero-order valence-electron chi connectivity index (χ0n) is 38.9. The van der Waals surface area contributed by atoms with Crippen molar-refractivity contribution in [1.29, 1.82) is 0 Å². The fourth-order valence-electron chi connectivity index (χ4n) is 7.80. The first-order valence-corrected chi connectivity index (χ1v) is 27.0. The Labute approximate surface area is 442 Å². The molecule has 0 fully saturated rings. The third-order valence-electron chi connectivity index (χ3n) is 11.2. The van der Waals surface area contributed by atoms with Crippen LogP contribution in [0, 0.1) is 11.6 Å². The Morgan fingerprint density at radius 2 is 0.840 bits per heavy atom. The molecular formula is C54H43Cl3F8N4O4S2. The Bertz CT molecular complexity index is 3370. The van der Waals surface area contributed by atoms with Gasteiger partial charge in [-0.15, -0.1) is 0 Å². The number of aromatic nitrogens is 2. The number of halogens is 11. The molecule has 2 aromatic heterocycles. The average molecular weight is 1130 g/mol. The summed E-state index contributed by atoms with van der Waals surface area (Å²) < 4.78 is 160. The van der Waals surface area contributed by atoms with E-state index in [4.69, 9.17) is 39.6 Å². The standard InChI is InChI=1S/C27H21ClF4N2O2S.C20H15ClF4N2.C7H7ClO2S/c28-23-11-12-25(33-17-23)26(16-19-7-3-1-4-8-19,21-13-22(27(30,31)32)15-24(29)14-21)34-37(35,36)18-20-9-5-2-6-10-20;21-16-6-7-18(27-12-16)19(26,11-13-4-2-1-3-5-13)14-8-15(20(23,24)25)10-17(22)9-14;8-11(9,10)6-7-4-2-1-3-5-7/h1-15,17,34H,16,18H2;1-10,12H,11,26H2;1-5H,6H2/t26-;19-;/m11./s1. The number of benzene rings is 6. The molecule has 21 heteroatoms. The van der Waals surface area contributed by atoms with Gasteiger partial charge in [0.25, 0.3) is 0 Å². The molecule has 6 aromatic carbocycles. The molecule has 8 rings (SSSR count). The summed E-state index contributed by atoms with van der Waals surface area (Å²) in [4.78, 5) is 8.46. The van der Waals surface area contributed by atoms with Gasteiger partial charge in [-0.3, -0.25) is 9.97 Å². The van der Waals surface area contributed by atoms with Crippen LogP contribution < -0.4 is 10.5 Å². The summed E-state index contributed by atoms with van der Waals surface area (Å²) in [7, 11) is -2.57. The summed E-state index contributed by atoms with van der Waals surface area (Å²) in [5, 5.41) is 0.593. The van der Waals surface area contributed by atoms with Crippen molar-refractivity contribution in [2.75, 3.05) is 0 Å². The van der Waals surface area contributed by atoms with Gasteiger partial charge in [0.05, 0.1) is 49.6 Å². The Hall–Kier alpha value is -6.25. The smallest absolute Gasteiger partial charge is 0.316 e. The number of alkyl halides is 6. The van der Waals surface area contributed by atoms with E-state index >= 15 is 0 Å². The van der Waals surface area contributed by atoms with Crippen LogP contribution in [0.4, 0.5) is 35.1 Å². The van der Waals surface area contributed by atoms with Crippen molar-refractivity contribution in [3.05, 3.63) is 272 Å². The van der Waals surface area contributed by atoms with E-state index in [9.17, 15) is 52.0 Å². The second kappa shape index (κ2) is 24.6. The number of nitrogens with zero attached hydrogens (tertiary/aromatic N) is 2. The maximum absolute atomic E-state index is 14.7. The number of hydrogen-bond acceptors (Lipinski definition) is 7. The van der Waals surface area contributed by atoms with Gasteiger partial charge in [-0.2, -0.15) is 31.1 Å². The molecule has 0 saturated heterocycles. The second-order valence-electron chi connectivity index (χ2n) is 16.9. The molecule has 392 valence electrons. The van der Waals surface area contributed by atoms with Crippen molar-refractivity contribution >= 4 is 53.0 Å². The van der Waals surface area contributed by atoms with Gasteiger partial charge in [-0.25, -0.2) is 25.6 Å². The summed E-state index contributed by atoms with van der Waals surface area (Å²) in [6.45, 7) is 0. The minimum atomic E-state index is -4.87. The zero-order chi connectivity index (χ0) is 54.7. The average Bonchev–Trinajstić information content (AvgIpc) is 3.34. The van der Waals surface area contributed by atoms with Gasteiger partial charge in [0.2, 0.25) is 19.1 Å². The molecule has 2 heterocycles. The first-order chi connectivity index (χ1) is 35.2. The highest BCUT2D eigenvalue weighted by Crippen LogP contribution is 2.40. The first kappa shape index (κ1) is 58.0. The predicted molar refractivity (Wildman–Crippen MR) is 274 cm³/mol. The van der Waals surface area contributed by atoms with Crippen LogP contribution in [0.5, 0.6) is 0 Å². The van der Waals surface area contributed by atoms with Crippen LogP contribution in [-0.2, 0) is 66.9 Å². The molecule has 0 amide bonds. The summed E-state index contributed by atoms with van der Waals surface area (Å²) in [6.07, 6.45) is -6.98. The Morgan fingerprint density at radius 1 is 0.467 bits per heavy atom. The highest BCUT2D eigenvalue weighted by molar-refractivity contribution is 8.13. The highest BCUT2D eigenvalue weighted by atomic mass is 35.7. The minimum Gasteiger partial charge on any atom is -0.316 e. The second-order valence-corrected chi connectivity index (χ2v) is 22.3. The van der Waals surface area contributed by atoms with Gasteiger partial charge in [-0.1, -0.05) is 145 Å². The fraction of sp³-hybridized carbons (Fsp3) is 0.148. The van der Waals surface area contributed by atoms with Crippen LogP contribution in [0.2, 0.25) is 10.0 Å². The summed E-state index contributed by atoms with van der Waals surface area (Å²) in [5.41, 5.74) is 3.42. The van der Waals surface area contributed by atoms with E-state index < -0.39 is 71.0 Å². The van der Waals surface area contributed by atoms with Crippen LogP contribution in [0.1, 0.15) is 55.9 Å². The topological polar surface area (TPSA) is 132 Å². The van der Waals surface area contributed by atoms with Crippen LogP contribution in [-0.4, -0.2) is 26.8 Å². The molecule has 0 aliphatic carbocycles. The molecule has 0 saturated carbocycles. The quantitative estimate of drug-likeness (QED) is 0.0818. The molecule has 75 heavy (non-hydrogen) atoms. The molecule has 0 spiro atoms. The van der Waals surface area contributed by atoms with Crippen molar-refractivity contribution in [2.24, 2.45) is 5.73 Å². The van der Waals surface area contributed by atoms with Crippen LogP contribution in [0.3, 0.4) is 0 Å². The van der Waals surface area contributed by atoms with E-state index in [0.29, 0.717) is 33.8 Å². The monoisotopic (exact) mass is 1130 g/mol. The van der Waals surface area contributed by atoms with Gasteiger partial charge in [0.15, 0.2) is 0 Å². The molecule has 0 radical (unpaired) electrons. The molecule has 8 aromatic rings. The van der Waals surface area contributed by atoms with E-state index in [0.717, 1.165) is 29.8 Å². The van der Waals surface area contributed by atoms with Crippen molar-refractivity contribution in [1.82, 2.24) is 14.7 Å². The maximum atomic E-state index is 14.7. The van der Waals surface area contributed by atoms with E-state index in [1.54, 1.807) is 115 Å². The zero-order valence-corrected chi connectivity index (χ0v) is 42.8. The Balaban J connectivity index is 0.000000209. The summed E-state index contributed by atoms with van der Waals surface area (Å²) in [6, 6.07) is 44.9. The normalized spacial score (nSPS) is 13.5. The summed E-state index contributed by atoms with van der Waals surface area (Å²) in [5.74, 6) is -2.75. The summed E-state index contributed by atoms with van der Waals surface area (Å²) >= 11 is 11.9. The lowest BCUT2D eigenvalue weighted by molar-refractivity contribution is -0.138. The number of sulfonamides is 1. The largest absolute Gasteiger partial charge is 0.416 e. The third-order valence-corrected chi connectivity index (χ3v) is 14.0. The SMILES string of the molecule is N[C@](Cc1ccccc1)(c1cc(F)cc(C(F)(F)F)c1)c1ccc(Cl)cn1.O=S(=O)(Cc1ccccc1)N[C@](Cc1ccccc1)(c1cc(F)cc(C(F)(F)F)c1)c1ccc(Cl)cn1.O=S(=O)(Cl)Cc1ccccc1. The maximum Gasteiger partial charge on any atom is 0.416 e. The van der Waals surface area contributed by atoms with Crippen molar-refractivity contribution < 1.29 is 52.0 Å². The fourth-order valence-corrected chi connectivity index (χ4v) is 10.5. The molecule has 2 atom stereocenters. The molecule has 8 nitrogen and oxygen atoms in total. The van der Waals surface area contributed by atoms with Gasteiger partial charge in [0, 0.05) is 35.9 Å². The lowest BCUT2D eigenvalue weighted by Gasteiger charge is -2.35. The third kappa shape index (κ3) is 16.9. The molecule has 0 aliphatic rings. The van der Waals surface area contributed by atoms with E-state index in [2.05, 4.69) is 14.7 Å². The Kier molecular flexibility index (Phi) is 19.0. The molecule has 0 bridgehead atoms. The van der Waals surface area contributed by atoms with E-state index in [1.807, 2.05) is 12.1 Å². The predicted octanol–water partition coefficient (Wildman–Crippen LogP) is 13.6. The van der Waals surface area contributed by atoms with E-state index in [-0.39, 0.29) is 46.1 Å². The lowest BCUT2D eigenvalue weighted by Crippen LogP contribution is -2.49. The van der Waals surface area contributed by atoms with Crippen LogP contribution >= 0.6 is 33.9 Å². The van der Waals surface area contributed by atoms with Gasteiger partial charge < -0.3 is 5.73 Å². The van der Waals surface area contributed by atoms with Gasteiger partial charge in [0.1, 0.15) is 17.2 Å². The van der Waals surface area contributed by atoms with Crippen LogP contribution in [0.25, 0.3) is 0 Å². The number of nitrogens with one attached hydrogen (secondary N) is 1. The van der Waals surface area contributed by atoms with Crippen molar-refractivity contribution in [3.63, 3.8) is 0 Å². The molecule has 3 N–H and O–H groups in total. The molecular weight excluding hydrogens is 1090 g/mol. The van der Waals surface area contributed by atoms with Crippen molar-refractivity contribution in [2.45, 2.75) is 47.8 Å². The minimum absolute atomic E-state index is 0.0199. The number of hydrogen-bond donors (Lipinski definition) is 2. The number of pyridine rings is 2. The number of rotatable bonds is 14. The van der Waals surface area contributed by atoms with Crippen molar-refractivity contribution in [3.8, 4) is 0 Å². The lowest BCUT2D eigenvalue weighted by atomic mass is 9.81. The number of nitrogens with two attached hydrogens (primary N) is 1. The van der Waals surface area contributed by atoms with Gasteiger partial charge in [-0.05, 0) is 94.0 Å². The molecule has 0 aliphatic heterocycles. The van der Waals surface area contributed by atoms with Crippen LogP contribution in [0.15, 0.2) is 194 Å². The first-order valence-electron chi connectivity index (χ1n) is 22.1. The van der Waals surface area contributed by atoms with Gasteiger partial charge >= 0.3 is 12.4 Å². The Morgan fingerprint density at radius 3 is 1.25 bits per heavy atom. The molecule has 0 unspecified atom stereocenters. The highest BCUT2D eigenvalue weighted by Gasteiger charge is 2.43. The van der Waals surface area contributed by atoms with E-state index in [1.165, 1.54) is 30.6 Å².